The van der Waals surface area contributed by atoms with Crippen LogP contribution in [0.25, 0.3) is 10.9 Å². The molecule has 7 heteroatoms. The summed E-state index contributed by atoms with van der Waals surface area (Å²) in [6.07, 6.45) is 3.19. The number of benzene rings is 2. The van der Waals surface area contributed by atoms with Gasteiger partial charge in [-0.3, -0.25) is 14.2 Å². The average Bonchev–Trinajstić information content (AvgIpc) is 3.25. The Morgan fingerprint density at radius 3 is 2.80 bits per heavy atom. The Labute approximate surface area is 174 Å². The van der Waals surface area contributed by atoms with Crippen LogP contribution in [0, 0.1) is 6.92 Å². The molecule has 3 aromatic rings. The number of para-hydroxylation sites is 1. The predicted molar refractivity (Wildman–Crippen MR) is 114 cm³/mol. The van der Waals surface area contributed by atoms with Gasteiger partial charge in [-0.2, -0.15) is 0 Å². The maximum absolute atomic E-state index is 13.2. The van der Waals surface area contributed by atoms with Gasteiger partial charge >= 0.3 is 0 Å². The van der Waals surface area contributed by atoms with E-state index in [-0.39, 0.29) is 24.1 Å². The number of aryl methyl sites for hydroxylation is 1. The Bertz CT molecular complexity index is 1150. The van der Waals surface area contributed by atoms with Gasteiger partial charge < -0.3 is 14.4 Å². The molecular formula is C23H25N3O4. The second-order valence-corrected chi connectivity index (χ2v) is 7.50. The number of carbonyl (C=O) groups is 1. The Morgan fingerprint density at radius 2 is 2.03 bits per heavy atom. The van der Waals surface area contributed by atoms with Crippen LogP contribution in [0.4, 0.5) is 0 Å². The zero-order valence-corrected chi connectivity index (χ0v) is 17.4. The summed E-state index contributed by atoms with van der Waals surface area (Å²) in [4.78, 5) is 32.3. The molecule has 1 saturated heterocycles. The van der Waals surface area contributed by atoms with Crippen molar-refractivity contribution >= 4 is 16.8 Å². The lowest BCUT2D eigenvalue weighted by molar-refractivity contribution is -0.132. The van der Waals surface area contributed by atoms with Crippen molar-refractivity contribution in [3.63, 3.8) is 0 Å². The maximum atomic E-state index is 13.2. The largest absolute Gasteiger partial charge is 0.497 e. The molecule has 2 aromatic carbocycles. The third-order valence-corrected chi connectivity index (χ3v) is 5.73. The van der Waals surface area contributed by atoms with Gasteiger partial charge in [0.1, 0.15) is 18.0 Å². The smallest absolute Gasteiger partial charge is 0.261 e. The average molecular weight is 407 g/mol. The summed E-state index contributed by atoms with van der Waals surface area (Å²) in [5.41, 5.74) is 2.33. The molecule has 0 saturated carbocycles. The van der Waals surface area contributed by atoms with Gasteiger partial charge in [0.25, 0.3) is 5.56 Å². The van der Waals surface area contributed by atoms with Crippen molar-refractivity contribution < 1.29 is 14.3 Å². The van der Waals surface area contributed by atoms with E-state index in [1.165, 1.54) is 10.9 Å². The van der Waals surface area contributed by atoms with Gasteiger partial charge in [-0.15, -0.1) is 0 Å². The van der Waals surface area contributed by atoms with E-state index < -0.39 is 0 Å². The molecule has 156 valence electrons. The molecule has 0 spiro atoms. The molecular weight excluding hydrogens is 382 g/mol. The van der Waals surface area contributed by atoms with E-state index in [4.69, 9.17) is 9.47 Å². The van der Waals surface area contributed by atoms with Crippen LogP contribution in [-0.4, -0.2) is 41.1 Å². The third-order valence-electron chi connectivity index (χ3n) is 5.73. The number of rotatable bonds is 5. The molecule has 30 heavy (non-hydrogen) atoms. The van der Waals surface area contributed by atoms with Crippen molar-refractivity contribution in [2.24, 2.45) is 0 Å². The SMILES string of the molecule is COc1ccc(OC)c(C2CCCN2C(=O)Cn2cnc3c(C)cccc3c2=O)c1. The Balaban J connectivity index is 1.63. The summed E-state index contributed by atoms with van der Waals surface area (Å²) < 4.78 is 12.3. The van der Waals surface area contributed by atoms with E-state index in [0.717, 1.165) is 35.5 Å². The second-order valence-electron chi connectivity index (χ2n) is 7.50. The molecule has 4 rings (SSSR count). The van der Waals surface area contributed by atoms with Crippen molar-refractivity contribution in [2.75, 3.05) is 20.8 Å². The highest BCUT2D eigenvalue weighted by Gasteiger charge is 2.32. The number of hydrogen-bond acceptors (Lipinski definition) is 5. The first-order valence-electron chi connectivity index (χ1n) is 9.99. The first-order valence-corrected chi connectivity index (χ1v) is 9.99. The normalized spacial score (nSPS) is 16.1. The van der Waals surface area contributed by atoms with Crippen molar-refractivity contribution in [3.05, 3.63) is 64.2 Å². The number of hydrogen-bond donors (Lipinski definition) is 0. The third kappa shape index (κ3) is 3.51. The van der Waals surface area contributed by atoms with Crippen molar-refractivity contribution in [3.8, 4) is 11.5 Å². The second kappa shape index (κ2) is 8.18. The molecule has 1 atom stereocenters. The van der Waals surface area contributed by atoms with E-state index in [1.807, 2.05) is 42.2 Å². The van der Waals surface area contributed by atoms with Gasteiger partial charge in [0.2, 0.25) is 5.91 Å². The maximum Gasteiger partial charge on any atom is 0.261 e. The van der Waals surface area contributed by atoms with E-state index in [9.17, 15) is 9.59 Å². The lowest BCUT2D eigenvalue weighted by atomic mass is 10.0. The minimum Gasteiger partial charge on any atom is -0.497 e. The topological polar surface area (TPSA) is 73.7 Å². The first kappa shape index (κ1) is 19.9. The van der Waals surface area contributed by atoms with E-state index in [2.05, 4.69) is 4.98 Å². The molecule has 1 aliphatic heterocycles. The molecule has 0 N–H and O–H groups in total. The fourth-order valence-corrected chi connectivity index (χ4v) is 4.18. The van der Waals surface area contributed by atoms with Crippen LogP contribution in [0.3, 0.4) is 0 Å². The minimum atomic E-state index is -0.202. The van der Waals surface area contributed by atoms with Crippen molar-refractivity contribution in [2.45, 2.75) is 32.4 Å². The van der Waals surface area contributed by atoms with Crippen LogP contribution in [0.15, 0.2) is 47.5 Å². The highest BCUT2D eigenvalue weighted by atomic mass is 16.5. The molecule has 2 heterocycles. The van der Waals surface area contributed by atoms with Gasteiger partial charge in [0.05, 0.1) is 37.5 Å². The number of carbonyl (C=O) groups excluding carboxylic acids is 1. The molecule has 1 aromatic heterocycles. The molecule has 1 fully saturated rings. The summed E-state index contributed by atoms with van der Waals surface area (Å²) in [7, 11) is 3.23. The number of aromatic nitrogens is 2. The lowest BCUT2D eigenvalue weighted by Gasteiger charge is -2.27. The molecule has 1 aliphatic rings. The van der Waals surface area contributed by atoms with E-state index in [1.54, 1.807) is 20.3 Å². The fraction of sp³-hybridized carbons (Fsp3) is 0.348. The summed E-state index contributed by atoms with van der Waals surface area (Å²) in [6.45, 7) is 2.51. The molecule has 1 unspecified atom stereocenters. The van der Waals surface area contributed by atoms with Crippen LogP contribution in [0.1, 0.15) is 30.0 Å². The number of ether oxygens (including phenoxy) is 2. The predicted octanol–water partition coefficient (Wildman–Crippen LogP) is 3.09. The minimum absolute atomic E-state index is 0.0432. The zero-order valence-electron chi connectivity index (χ0n) is 17.4. The Kier molecular flexibility index (Phi) is 5.44. The highest BCUT2D eigenvalue weighted by molar-refractivity contribution is 5.81. The summed E-state index contributed by atoms with van der Waals surface area (Å²) in [5, 5.41) is 0.526. The quantitative estimate of drug-likeness (QED) is 0.650. The highest BCUT2D eigenvalue weighted by Crippen LogP contribution is 2.39. The van der Waals surface area contributed by atoms with Crippen LogP contribution in [0.2, 0.25) is 0 Å². The van der Waals surface area contributed by atoms with Crippen LogP contribution >= 0.6 is 0 Å². The number of methoxy groups -OCH3 is 2. The van der Waals surface area contributed by atoms with Crippen molar-refractivity contribution in [1.82, 2.24) is 14.5 Å². The Hall–Kier alpha value is -3.35. The molecule has 0 aliphatic carbocycles. The summed E-state index contributed by atoms with van der Waals surface area (Å²) >= 11 is 0. The van der Waals surface area contributed by atoms with Crippen molar-refractivity contribution in [1.29, 1.82) is 0 Å². The number of amides is 1. The van der Waals surface area contributed by atoms with Crippen LogP contribution < -0.4 is 15.0 Å². The Morgan fingerprint density at radius 1 is 1.20 bits per heavy atom. The van der Waals surface area contributed by atoms with Gasteiger partial charge in [-0.25, -0.2) is 4.98 Å². The van der Waals surface area contributed by atoms with Crippen LogP contribution in [0.5, 0.6) is 11.5 Å². The van der Waals surface area contributed by atoms with Gasteiger partial charge in [-0.05, 0) is 49.6 Å². The van der Waals surface area contributed by atoms with Gasteiger partial charge in [-0.1, -0.05) is 12.1 Å². The van der Waals surface area contributed by atoms with Crippen LogP contribution in [-0.2, 0) is 11.3 Å². The fourth-order valence-electron chi connectivity index (χ4n) is 4.18. The summed E-state index contributed by atoms with van der Waals surface area (Å²) in [6, 6.07) is 11.0. The summed E-state index contributed by atoms with van der Waals surface area (Å²) in [5.74, 6) is 1.33. The number of likely N-dealkylation sites (tertiary alicyclic amines) is 1. The zero-order chi connectivity index (χ0) is 21.3. The molecule has 1 amide bonds. The lowest BCUT2D eigenvalue weighted by Crippen LogP contribution is -2.36. The monoisotopic (exact) mass is 407 g/mol. The van der Waals surface area contributed by atoms with Gasteiger partial charge in [0, 0.05) is 12.1 Å². The van der Waals surface area contributed by atoms with Gasteiger partial charge in [0.15, 0.2) is 0 Å². The molecule has 0 bridgehead atoms. The van der Waals surface area contributed by atoms with E-state index >= 15 is 0 Å². The van der Waals surface area contributed by atoms with E-state index in [0.29, 0.717) is 17.4 Å². The number of nitrogens with zero attached hydrogens (tertiary/aromatic N) is 3. The number of fused-ring (bicyclic) bond motifs is 1. The molecule has 7 nitrogen and oxygen atoms in total. The molecule has 0 radical (unpaired) electrons. The standard InChI is InChI=1S/C23H25N3O4/c1-15-6-4-7-17-22(15)24-14-25(23(17)28)13-21(27)26-11-5-8-19(26)18-12-16(29-2)9-10-20(18)30-3/h4,6-7,9-10,12,14,19H,5,8,11,13H2,1-3H3. The first-order chi connectivity index (χ1) is 14.5.